The number of H-pyrrole nitrogens is 1. The molecule has 9 nitrogen and oxygen atoms in total. The van der Waals surface area contributed by atoms with Crippen LogP contribution in [0.1, 0.15) is 26.1 Å². The van der Waals surface area contributed by atoms with Crippen molar-refractivity contribution >= 4 is 29.9 Å². The number of aromatic amines is 1. The predicted octanol–water partition coefficient (Wildman–Crippen LogP) is 2.51. The highest BCUT2D eigenvalue weighted by atomic mass is 127. The van der Waals surface area contributed by atoms with E-state index in [-0.39, 0.29) is 24.0 Å². The molecule has 0 radical (unpaired) electrons. The average molecular weight is 557 g/mol. The number of ether oxygens (including phenoxy) is 2. The zero-order chi connectivity index (χ0) is 22.1. The summed E-state index contributed by atoms with van der Waals surface area (Å²) in [5, 5.41) is 14.1. The van der Waals surface area contributed by atoms with E-state index in [4.69, 9.17) is 9.47 Å². The topological polar surface area (TPSA) is 99.7 Å². The molecule has 1 unspecified atom stereocenters. The van der Waals surface area contributed by atoms with Crippen LogP contribution in [0.5, 0.6) is 5.75 Å². The first-order valence-electron chi connectivity index (χ1n) is 10.9. The molecule has 2 aromatic rings. The van der Waals surface area contributed by atoms with Gasteiger partial charge in [0.25, 0.3) is 0 Å². The molecule has 178 valence electrons. The van der Waals surface area contributed by atoms with Crippen LogP contribution >= 0.6 is 24.0 Å². The standard InChI is InChI=1S/C22H35N7O2.HI/c1-16(2)13-18(29-9-11-31-12-10-29)14-24-22(23-3)25-15-20-26-21(28-27-20)17-5-7-19(30-4)8-6-17;/h5-8,16,18H,9-15H2,1-4H3,(H2,23,24,25)(H,26,27,28);1H. The molecular formula is C22H36IN7O2. The van der Waals surface area contributed by atoms with Gasteiger partial charge in [0.2, 0.25) is 0 Å². The van der Waals surface area contributed by atoms with Gasteiger partial charge in [-0.2, -0.15) is 5.10 Å². The molecule has 3 N–H and O–H groups in total. The molecule has 0 aliphatic carbocycles. The number of morpholine rings is 1. The number of guanidine groups is 1. The molecule has 3 rings (SSSR count). The summed E-state index contributed by atoms with van der Waals surface area (Å²) in [7, 11) is 3.43. The summed E-state index contributed by atoms with van der Waals surface area (Å²) < 4.78 is 10.7. The highest BCUT2D eigenvalue weighted by molar-refractivity contribution is 14.0. The van der Waals surface area contributed by atoms with E-state index in [1.54, 1.807) is 14.2 Å². The Labute approximate surface area is 207 Å². The molecule has 0 bridgehead atoms. The summed E-state index contributed by atoms with van der Waals surface area (Å²) in [5.41, 5.74) is 0.938. The van der Waals surface area contributed by atoms with Gasteiger partial charge >= 0.3 is 0 Å². The van der Waals surface area contributed by atoms with Crippen molar-refractivity contribution in [1.82, 2.24) is 30.7 Å². The quantitative estimate of drug-likeness (QED) is 0.248. The molecule has 0 saturated carbocycles. The first-order chi connectivity index (χ1) is 15.1. The largest absolute Gasteiger partial charge is 0.497 e. The fraction of sp³-hybridized carbons (Fsp3) is 0.591. The number of aliphatic imine (C=N–C) groups is 1. The summed E-state index contributed by atoms with van der Waals surface area (Å²) in [5.74, 6) is 3.61. The molecule has 1 atom stereocenters. The second-order valence-corrected chi connectivity index (χ2v) is 8.07. The second-order valence-electron chi connectivity index (χ2n) is 8.07. The molecule has 1 saturated heterocycles. The maximum atomic E-state index is 5.51. The molecular weight excluding hydrogens is 521 g/mol. The third kappa shape index (κ3) is 7.89. The van der Waals surface area contributed by atoms with Crippen LogP contribution in [-0.4, -0.2) is 79.1 Å². The van der Waals surface area contributed by atoms with Gasteiger partial charge in [0.05, 0.1) is 26.9 Å². The van der Waals surface area contributed by atoms with Crippen molar-refractivity contribution in [1.29, 1.82) is 0 Å². The lowest BCUT2D eigenvalue weighted by Gasteiger charge is -2.35. The summed E-state index contributed by atoms with van der Waals surface area (Å²) in [6, 6.07) is 8.14. The van der Waals surface area contributed by atoms with Crippen molar-refractivity contribution in [3.8, 4) is 17.1 Å². The van der Waals surface area contributed by atoms with Crippen molar-refractivity contribution in [3.05, 3.63) is 30.1 Å². The fourth-order valence-electron chi connectivity index (χ4n) is 3.69. The van der Waals surface area contributed by atoms with Gasteiger partial charge in [0.1, 0.15) is 11.6 Å². The Morgan fingerprint density at radius 1 is 1.22 bits per heavy atom. The number of methoxy groups -OCH3 is 1. The molecule has 0 amide bonds. The van der Waals surface area contributed by atoms with Gasteiger partial charge in [-0.05, 0) is 36.6 Å². The minimum Gasteiger partial charge on any atom is -0.497 e. The maximum absolute atomic E-state index is 5.51. The van der Waals surface area contributed by atoms with E-state index >= 15 is 0 Å². The van der Waals surface area contributed by atoms with Gasteiger partial charge in [0.15, 0.2) is 11.8 Å². The Hall–Kier alpha value is -1.92. The third-order valence-electron chi connectivity index (χ3n) is 5.34. The Kier molecular flexibility index (Phi) is 11.2. The minimum absolute atomic E-state index is 0. The predicted molar refractivity (Wildman–Crippen MR) is 138 cm³/mol. The molecule has 1 fully saturated rings. The lowest BCUT2D eigenvalue weighted by molar-refractivity contribution is 0.0132. The average Bonchev–Trinajstić information content (AvgIpc) is 3.28. The van der Waals surface area contributed by atoms with E-state index in [2.05, 4.69) is 49.6 Å². The van der Waals surface area contributed by atoms with E-state index in [1.807, 2.05) is 24.3 Å². The molecule has 1 aromatic carbocycles. The van der Waals surface area contributed by atoms with Gasteiger partial charge < -0.3 is 20.1 Å². The Morgan fingerprint density at radius 3 is 2.56 bits per heavy atom. The fourth-order valence-corrected chi connectivity index (χ4v) is 3.69. The van der Waals surface area contributed by atoms with Crippen LogP contribution in [0.4, 0.5) is 0 Å². The Balaban J connectivity index is 0.00000363. The molecule has 2 heterocycles. The normalized spacial score (nSPS) is 15.8. The summed E-state index contributed by atoms with van der Waals surface area (Å²) in [6.07, 6.45) is 1.14. The van der Waals surface area contributed by atoms with Crippen molar-refractivity contribution in [2.75, 3.05) is 47.0 Å². The SMILES string of the molecule is CN=C(NCc1nc(-c2ccc(OC)cc2)n[nH]1)NCC(CC(C)C)N1CCOCC1.I. The summed E-state index contributed by atoms with van der Waals surface area (Å²) >= 11 is 0. The molecule has 0 spiro atoms. The zero-order valence-electron chi connectivity index (χ0n) is 19.4. The van der Waals surface area contributed by atoms with Crippen LogP contribution in [0.15, 0.2) is 29.3 Å². The van der Waals surface area contributed by atoms with Crippen LogP contribution in [0, 0.1) is 5.92 Å². The Morgan fingerprint density at radius 2 is 1.94 bits per heavy atom. The van der Waals surface area contributed by atoms with Crippen molar-refractivity contribution in [2.24, 2.45) is 10.9 Å². The molecule has 32 heavy (non-hydrogen) atoms. The van der Waals surface area contributed by atoms with Crippen LogP contribution in [0.3, 0.4) is 0 Å². The van der Waals surface area contributed by atoms with Crippen LogP contribution in [0.2, 0.25) is 0 Å². The van der Waals surface area contributed by atoms with Crippen molar-refractivity contribution in [2.45, 2.75) is 32.9 Å². The first kappa shape index (κ1) is 26.3. The summed E-state index contributed by atoms with van der Waals surface area (Å²) in [4.78, 5) is 11.4. The molecule has 1 aromatic heterocycles. The van der Waals surface area contributed by atoms with Gasteiger partial charge in [0, 0.05) is 38.3 Å². The Bertz CT molecular complexity index is 820. The molecule has 10 heteroatoms. The molecule has 1 aliphatic rings. The number of nitrogens with zero attached hydrogens (tertiary/aromatic N) is 4. The van der Waals surface area contributed by atoms with Gasteiger partial charge in [-0.15, -0.1) is 24.0 Å². The third-order valence-corrected chi connectivity index (χ3v) is 5.34. The van der Waals surface area contributed by atoms with Crippen LogP contribution in [0.25, 0.3) is 11.4 Å². The number of hydrogen-bond acceptors (Lipinski definition) is 6. The smallest absolute Gasteiger partial charge is 0.191 e. The number of halogens is 1. The number of benzene rings is 1. The van der Waals surface area contributed by atoms with Gasteiger partial charge in [-0.1, -0.05) is 13.8 Å². The highest BCUT2D eigenvalue weighted by Gasteiger charge is 2.22. The van der Waals surface area contributed by atoms with Crippen LogP contribution in [-0.2, 0) is 11.3 Å². The summed E-state index contributed by atoms with van der Waals surface area (Å²) in [6.45, 7) is 9.47. The van der Waals surface area contributed by atoms with Crippen molar-refractivity contribution < 1.29 is 9.47 Å². The van der Waals surface area contributed by atoms with Crippen LogP contribution < -0.4 is 15.4 Å². The lowest BCUT2D eigenvalue weighted by atomic mass is 10.0. The minimum atomic E-state index is 0. The molecule has 1 aliphatic heterocycles. The number of hydrogen-bond donors (Lipinski definition) is 3. The number of rotatable bonds is 9. The number of nitrogens with one attached hydrogen (secondary N) is 3. The van der Waals surface area contributed by atoms with E-state index in [1.165, 1.54) is 0 Å². The van der Waals surface area contributed by atoms with E-state index < -0.39 is 0 Å². The van der Waals surface area contributed by atoms with E-state index in [0.29, 0.717) is 24.3 Å². The highest BCUT2D eigenvalue weighted by Crippen LogP contribution is 2.19. The first-order valence-corrected chi connectivity index (χ1v) is 10.9. The monoisotopic (exact) mass is 557 g/mol. The lowest BCUT2D eigenvalue weighted by Crippen LogP contribution is -2.51. The van der Waals surface area contributed by atoms with E-state index in [0.717, 1.165) is 62.4 Å². The van der Waals surface area contributed by atoms with Crippen molar-refractivity contribution in [3.63, 3.8) is 0 Å². The van der Waals surface area contributed by atoms with E-state index in [9.17, 15) is 0 Å². The van der Waals surface area contributed by atoms with Gasteiger partial charge in [-0.3, -0.25) is 15.0 Å². The second kappa shape index (κ2) is 13.6. The number of aromatic nitrogens is 3. The van der Waals surface area contributed by atoms with Gasteiger partial charge in [-0.25, -0.2) is 4.98 Å². The maximum Gasteiger partial charge on any atom is 0.191 e. The zero-order valence-corrected chi connectivity index (χ0v) is 21.8.